The van der Waals surface area contributed by atoms with Gasteiger partial charge in [0.25, 0.3) is 0 Å². The molecule has 40 heavy (non-hydrogen) atoms. The third-order valence-electron chi connectivity index (χ3n) is 7.79. The number of hydrogen-bond acceptors (Lipinski definition) is 4. The maximum Gasteiger partial charge on any atom is 0.344 e. The minimum atomic E-state index is -0.405. The van der Waals surface area contributed by atoms with Gasteiger partial charge in [0.05, 0.1) is 11.1 Å². The fourth-order valence-electron chi connectivity index (χ4n) is 5.90. The van der Waals surface area contributed by atoms with E-state index in [1.807, 2.05) is 121 Å². The van der Waals surface area contributed by atoms with E-state index in [-0.39, 0.29) is 0 Å². The first-order valence-electron chi connectivity index (χ1n) is 13.1. The topological polar surface area (TPSA) is 60.4 Å². The zero-order chi connectivity index (χ0) is 26.8. The minimum Gasteiger partial charge on any atom is -0.422 e. The molecule has 0 aliphatic heterocycles. The van der Waals surface area contributed by atoms with Gasteiger partial charge in [0.1, 0.15) is 11.2 Å². The van der Waals surface area contributed by atoms with Crippen molar-refractivity contribution in [2.75, 3.05) is 0 Å². The van der Waals surface area contributed by atoms with Gasteiger partial charge in [-0.25, -0.2) is 9.59 Å². The third-order valence-corrected chi connectivity index (χ3v) is 7.79. The van der Waals surface area contributed by atoms with Gasteiger partial charge in [0, 0.05) is 10.8 Å². The Labute approximate surface area is 227 Å². The lowest BCUT2D eigenvalue weighted by atomic mass is 9.92. The molecule has 8 rings (SSSR count). The Balaban J connectivity index is 1.40. The van der Waals surface area contributed by atoms with Gasteiger partial charge in [0.15, 0.2) is 0 Å². The summed E-state index contributed by atoms with van der Waals surface area (Å²) in [7, 11) is 0. The molecular weight excluding hydrogens is 496 g/mol. The van der Waals surface area contributed by atoms with Crippen molar-refractivity contribution < 1.29 is 8.83 Å². The molecular formula is C36H20O4. The Kier molecular flexibility index (Phi) is 4.79. The molecule has 188 valence electrons. The zero-order valence-corrected chi connectivity index (χ0v) is 21.2. The Bertz CT molecular complexity index is 2260. The van der Waals surface area contributed by atoms with Crippen LogP contribution in [0.25, 0.3) is 76.5 Å². The summed E-state index contributed by atoms with van der Waals surface area (Å²) in [6, 6.07) is 39.1. The van der Waals surface area contributed by atoms with Gasteiger partial charge < -0.3 is 8.83 Å². The monoisotopic (exact) mass is 516 g/mol. The second kappa shape index (κ2) is 8.52. The summed E-state index contributed by atoms with van der Waals surface area (Å²) in [5, 5.41) is 7.65. The summed E-state index contributed by atoms with van der Waals surface area (Å²) in [6.45, 7) is 0. The van der Waals surface area contributed by atoms with Crippen molar-refractivity contribution in [2.24, 2.45) is 0 Å². The van der Waals surface area contributed by atoms with E-state index >= 15 is 0 Å². The molecule has 8 aromatic rings. The molecule has 0 amide bonds. The second-order valence-corrected chi connectivity index (χ2v) is 10.00. The van der Waals surface area contributed by atoms with Gasteiger partial charge in [-0.2, -0.15) is 0 Å². The van der Waals surface area contributed by atoms with E-state index in [4.69, 9.17) is 8.83 Å². The molecule has 0 fully saturated rings. The molecule has 4 nitrogen and oxygen atoms in total. The summed E-state index contributed by atoms with van der Waals surface area (Å²) >= 11 is 0. The molecule has 0 unspecified atom stereocenters. The number of benzene rings is 6. The molecule has 0 spiro atoms. The molecule has 0 aliphatic rings. The standard InChI is InChI=1S/C36H20O4/c37-35-31(19-29-23-9-3-1-7-21(23)15-17-33(29)39-35)27-13-5-12-26-25(27)11-6-14-28(26)32-20-30-24-10-4-2-8-22(24)16-18-34(30)40-36(32)38/h1-20H. The van der Waals surface area contributed by atoms with Crippen molar-refractivity contribution in [3.63, 3.8) is 0 Å². The summed E-state index contributed by atoms with van der Waals surface area (Å²) in [6.07, 6.45) is 0. The summed E-state index contributed by atoms with van der Waals surface area (Å²) in [5.74, 6) is 0. The van der Waals surface area contributed by atoms with Crippen LogP contribution in [0.3, 0.4) is 0 Å². The van der Waals surface area contributed by atoms with E-state index < -0.39 is 11.3 Å². The Hall–Kier alpha value is -5.48. The Morgan fingerprint density at radius 3 is 1.25 bits per heavy atom. The van der Waals surface area contributed by atoms with Crippen LogP contribution in [0.4, 0.5) is 0 Å². The van der Waals surface area contributed by atoms with E-state index in [1.54, 1.807) is 0 Å². The van der Waals surface area contributed by atoms with E-state index in [1.165, 1.54) is 0 Å². The minimum absolute atomic E-state index is 0.405. The molecule has 0 aliphatic carbocycles. The largest absolute Gasteiger partial charge is 0.422 e. The highest BCUT2D eigenvalue weighted by Crippen LogP contribution is 2.36. The van der Waals surface area contributed by atoms with Gasteiger partial charge in [-0.15, -0.1) is 0 Å². The van der Waals surface area contributed by atoms with Crippen LogP contribution in [-0.2, 0) is 0 Å². The van der Waals surface area contributed by atoms with Crippen molar-refractivity contribution in [2.45, 2.75) is 0 Å². The zero-order valence-electron chi connectivity index (χ0n) is 21.2. The molecule has 0 saturated heterocycles. The Morgan fingerprint density at radius 2 is 0.775 bits per heavy atom. The molecule has 4 heteroatoms. The van der Waals surface area contributed by atoms with Crippen LogP contribution in [0.1, 0.15) is 0 Å². The van der Waals surface area contributed by atoms with Crippen LogP contribution in [0.15, 0.2) is 140 Å². The third kappa shape index (κ3) is 3.33. The van der Waals surface area contributed by atoms with Crippen molar-refractivity contribution in [3.05, 3.63) is 142 Å². The average Bonchev–Trinajstić information content (AvgIpc) is 3.00. The van der Waals surface area contributed by atoms with Gasteiger partial charge in [-0.1, -0.05) is 97.1 Å². The van der Waals surface area contributed by atoms with Crippen molar-refractivity contribution in [1.82, 2.24) is 0 Å². The molecule has 0 radical (unpaired) electrons. The number of rotatable bonds is 2. The van der Waals surface area contributed by atoms with E-state index in [9.17, 15) is 9.59 Å². The van der Waals surface area contributed by atoms with Crippen molar-refractivity contribution in [1.29, 1.82) is 0 Å². The highest BCUT2D eigenvalue weighted by molar-refractivity contribution is 6.10. The number of fused-ring (bicyclic) bond motifs is 7. The van der Waals surface area contributed by atoms with Gasteiger partial charge in [0.2, 0.25) is 0 Å². The van der Waals surface area contributed by atoms with Crippen molar-refractivity contribution in [3.8, 4) is 22.3 Å². The smallest absolute Gasteiger partial charge is 0.344 e. The Morgan fingerprint density at radius 1 is 0.350 bits per heavy atom. The molecule has 2 heterocycles. The summed E-state index contributed by atoms with van der Waals surface area (Å²) in [4.78, 5) is 26.5. The highest BCUT2D eigenvalue weighted by Gasteiger charge is 2.17. The van der Waals surface area contributed by atoms with Crippen molar-refractivity contribution >= 4 is 54.3 Å². The van der Waals surface area contributed by atoms with Gasteiger partial charge in [-0.3, -0.25) is 0 Å². The fraction of sp³-hybridized carbons (Fsp3) is 0. The molecule has 0 N–H and O–H groups in total. The van der Waals surface area contributed by atoms with Crippen LogP contribution >= 0.6 is 0 Å². The second-order valence-electron chi connectivity index (χ2n) is 10.00. The van der Waals surface area contributed by atoms with Crippen LogP contribution in [0, 0.1) is 0 Å². The highest BCUT2D eigenvalue weighted by atomic mass is 16.4. The number of hydrogen-bond donors (Lipinski definition) is 0. The van der Waals surface area contributed by atoms with E-state index in [2.05, 4.69) is 0 Å². The van der Waals surface area contributed by atoms with Gasteiger partial charge in [-0.05, 0) is 67.7 Å². The van der Waals surface area contributed by atoms with Crippen LogP contribution in [0.2, 0.25) is 0 Å². The molecule has 6 aromatic carbocycles. The van der Waals surface area contributed by atoms with E-state index in [0.717, 1.165) is 54.2 Å². The van der Waals surface area contributed by atoms with Crippen LogP contribution in [-0.4, -0.2) is 0 Å². The van der Waals surface area contributed by atoms with E-state index in [0.29, 0.717) is 22.3 Å². The first-order chi connectivity index (χ1) is 19.7. The molecule has 0 saturated carbocycles. The van der Waals surface area contributed by atoms with Gasteiger partial charge >= 0.3 is 11.3 Å². The predicted octanol–water partition coefficient (Wildman–Crippen LogP) is 8.69. The molecule has 0 bridgehead atoms. The molecule has 2 aromatic heterocycles. The first-order valence-corrected chi connectivity index (χ1v) is 13.1. The normalized spacial score (nSPS) is 11.7. The van der Waals surface area contributed by atoms with Crippen LogP contribution < -0.4 is 11.3 Å². The maximum atomic E-state index is 13.3. The maximum absolute atomic E-state index is 13.3. The quantitative estimate of drug-likeness (QED) is 0.170. The van der Waals surface area contributed by atoms with Crippen LogP contribution in [0.5, 0.6) is 0 Å². The SMILES string of the molecule is O=c1oc2ccc3ccccc3c2cc1-c1cccc2c(-c3cc4c(ccc5ccccc54)oc3=O)cccc12. The lowest BCUT2D eigenvalue weighted by Gasteiger charge is -2.12. The first kappa shape index (κ1) is 22.5. The predicted molar refractivity (Wildman–Crippen MR) is 162 cm³/mol. The fourth-order valence-corrected chi connectivity index (χ4v) is 5.90. The summed E-state index contributed by atoms with van der Waals surface area (Å²) in [5.41, 5.74) is 2.74. The summed E-state index contributed by atoms with van der Waals surface area (Å²) < 4.78 is 11.6. The lowest BCUT2D eigenvalue weighted by molar-refractivity contribution is 0.563. The lowest BCUT2D eigenvalue weighted by Crippen LogP contribution is -2.05. The average molecular weight is 517 g/mol. The molecule has 0 atom stereocenters.